The van der Waals surface area contributed by atoms with Gasteiger partial charge in [-0.3, -0.25) is 5.32 Å². The zero-order valence-corrected chi connectivity index (χ0v) is 7.15. The Morgan fingerprint density at radius 2 is 1.45 bits per heavy atom. The van der Waals surface area contributed by atoms with Crippen LogP contribution >= 0.6 is 0 Å². The average molecular weight is 163 g/mol. The van der Waals surface area contributed by atoms with Crippen molar-refractivity contribution in [3.05, 3.63) is 0 Å². The molecule has 2 atom stereocenters. The second-order valence-corrected chi connectivity index (χ2v) is 3.05. The van der Waals surface area contributed by atoms with E-state index in [1.807, 2.05) is 13.8 Å². The molecule has 0 bridgehead atoms. The first kappa shape index (κ1) is 10.8. The van der Waals surface area contributed by atoms with Gasteiger partial charge in [0.1, 0.15) is 0 Å². The largest absolute Gasteiger partial charge is 0.392 e. The summed E-state index contributed by atoms with van der Waals surface area (Å²) >= 11 is 0. The fourth-order valence-corrected chi connectivity index (χ4v) is 1.06. The minimum Gasteiger partial charge on any atom is -0.392 e. The van der Waals surface area contributed by atoms with Gasteiger partial charge in [-0.05, 0) is 12.8 Å². The van der Waals surface area contributed by atoms with Crippen LogP contribution in [0, 0.1) is 5.92 Å². The first-order valence-corrected chi connectivity index (χ1v) is 3.75. The second kappa shape index (κ2) is 4.66. The second-order valence-electron chi connectivity index (χ2n) is 3.05. The average Bonchev–Trinajstić information content (AvgIpc) is 1.81. The molecule has 0 spiro atoms. The van der Waals surface area contributed by atoms with E-state index in [0.717, 1.165) is 0 Å². The molecule has 0 aliphatic heterocycles. The van der Waals surface area contributed by atoms with Crippen LogP contribution in [-0.4, -0.2) is 33.9 Å². The maximum atomic E-state index is 9.15. The minimum atomic E-state index is -1.56. The van der Waals surface area contributed by atoms with Crippen molar-refractivity contribution < 1.29 is 15.3 Å². The highest BCUT2D eigenvalue weighted by atomic mass is 16.5. The normalized spacial score (nSPS) is 17.5. The van der Waals surface area contributed by atoms with Gasteiger partial charge in [-0.25, -0.2) is 0 Å². The smallest absolute Gasteiger partial charge is 0.211 e. The van der Waals surface area contributed by atoms with Crippen molar-refractivity contribution >= 4 is 0 Å². The Kier molecular flexibility index (Phi) is 4.60. The van der Waals surface area contributed by atoms with Gasteiger partial charge in [-0.15, -0.1) is 0 Å². The van der Waals surface area contributed by atoms with E-state index in [-0.39, 0.29) is 12.0 Å². The summed E-state index contributed by atoms with van der Waals surface area (Å²) in [6.45, 7) is 5.40. The monoisotopic (exact) mass is 163 g/mol. The number of aliphatic hydroxyl groups is 3. The van der Waals surface area contributed by atoms with E-state index in [4.69, 9.17) is 15.3 Å². The van der Waals surface area contributed by atoms with E-state index in [1.54, 1.807) is 6.92 Å². The number of rotatable bonds is 4. The van der Waals surface area contributed by atoms with Crippen LogP contribution in [0.15, 0.2) is 0 Å². The van der Waals surface area contributed by atoms with Crippen molar-refractivity contribution in [2.24, 2.45) is 5.92 Å². The van der Waals surface area contributed by atoms with Gasteiger partial charge < -0.3 is 15.3 Å². The molecule has 0 heterocycles. The molecule has 0 saturated carbocycles. The number of hydrogen-bond donors (Lipinski definition) is 4. The highest BCUT2D eigenvalue weighted by Crippen LogP contribution is 2.06. The Morgan fingerprint density at radius 1 is 1.00 bits per heavy atom. The molecule has 2 unspecified atom stereocenters. The van der Waals surface area contributed by atoms with Crippen LogP contribution in [0.1, 0.15) is 20.8 Å². The Balaban J connectivity index is 3.90. The van der Waals surface area contributed by atoms with Crippen LogP contribution in [0.2, 0.25) is 0 Å². The summed E-state index contributed by atoms with van der Waals surface area (Å²) in [5.74, 6) is 0.164. The van der Waals surface area contributed by atoms with E-state index in [9.17, 15) is 0 Å². The summed E-state index contributed by atoms with van der Waals surface area (Å²) in [6, 6.07) is -0.282. The van der Waals surface area contributed by atoms with Gasteiger partial charge in [0.15, 0.2) is 0 Å². The lowest BCUT2D eigenvalue weighted by Gasteiger charge is -2.25. The zero-order valence-electron chi connectivity index (χ0n) is 7.15. The van der Waals surface area contributed by atoms with Crippen molar-refractivity contribution in [2.75, 3.05) is 0 Å². The van der Waals surface area contributed by atoms with E-state index in [0.29, 0.717) is 0 Å². The predicted molar refractivity (Wildman–Crippen MR) is 41.7 cm³/mol. The summed E-state index contributed by atoms with van der Waals surface area (Å²) in [5, 5.41) is 28.7. The molecule has 0 aliphatic carbocycles. The third-order valence-electron chi connectivity index (χ3n) is 1.58. The molecule has 68 valence electrons. The van der Waals surface area contributed by atoms with Crippen LogP contribution in [0.5, 0.6) is 0 Å². The number of aliphatic hydroxyl groups excluding tert-OH is 2. The molecular formula is C7H17NO3. The molecule has 0 amide bonds. The topological polar surface area (TPSA) is 72.7 Å². The van der Waals surface area contributed by atoms with Crippen LogP contribution in [0.4, 0.5) is 0 Å². The lowest BCUT2D eigenvalue weighted by molar-refractivity contribution is -0.0874. The van der Waals surface area contributed by atoms with Gasteiger partial charge in [0.2, 0.25) is 6.41 Å². The Bertz CT molecular complexity index is 95.9. The first-order valence-electron chi connectivity index (χ1n) is 3.75. The fraction of sp³-hybridized carbons (Fsp3) is 1.00. The zero-order chi connectivity index (χ0) is 9.02. The molecule has 0 radical (unpaired) electrons. The van der Waals surface area contributed by atoms with E-state index < -0.39 is 12.5 Å². The van der Waals surface area contributed by atoms with Crippen molar-refractivity contribution in [1.82, 2.24) is 5.32 Å². The quantitative estimate of drug-likeness (QED) is 0.411. The minimum absolute atomic E-state index is 0.164. The van der Waals surface area contributed by atoms with Gasteiger partial charge >= 0.3 is 0 Å². The Hall–Kier alpha value is -0.160. The lowest BCUT2D eigenvalue weighted by atomic mass is 10.00. The van der Waals surface area contributed by atoms with Crippen molar-refractivity contribution in [3.63, 3.8) is 0 Å². The van der Waals surface area contributed by atoms with Gasteiger partial charge in [0, 0.05) is 6.04 Å². The number of hydrogen-bond acceptors (Lipinski definition) is 4. The molecule has 0 aromatic rings. The van der Waals surface area contributed by atoms with Crippen LogP contribution in [0.25, 0.3) is 0 Å². The van der Waals surface area contributed by atoms with E-state index in [1.165, 1.54) is 0 Å². The lowest BCUT2D eigenvalue weighted by Crippen LogP contribution is -2.47. The standard InChI is InChI=1S/C7H17NO3/c1-4(2)6(5(3)9)8-7(10)11/h4-11H,1-3H3. The molecule has 0 aliphatic rings. The predicted octanol–water partition coefficient (Wildman–Crippen LogP) is -0.750. The maximum Gasteiger partial charge on any atom is 0.211 e. The first-order chi connectivity index (χ1) is 4.95. The van der Waals surface area contributed by atoms with Crippen molar-refractivity contribution in [3.8, 4) is 0 Å². The summed E-state index contributed by atoms with van der Waals surface area (Å²) in [4.78, 5) is 0. The molecule has 0 aromatic carbocycles. The SMILES string of the molecule is CC(C)C(NC(O)O)C(C)O. The molecule has 11 heavy (non-hydrogen) atoms. The Morgan fingerprint density at radius 3 is 1.55 bits per heavy atom. The van der Waals surface area contributed by atoms with Gasteiger partial charge in [-0.2, -0.15) is 0 Å². The molecule has 4 heteroatoms. The van der Waals surface area contributed by atoms with Gasteiger partial charge in [0.25, 0.3) is 0 Å². The number of nitrogens with one attached hydrogen (secondary N) is 1. The molecular weight excluding hydrogens is 146 g/mol. The third kappa shape index (κ3) is 4.31. The molecule has 4 nitrogen and oxygen atoms in total. The molecule has 0 rings (SSSR count). The summed E-state index contributed by atoms with van der Waals surface area (Å²) in [5.41, 5.74) is 0. The van der Waals surface area contributed by atoms with Crippen molar-refractivity contribution in [2.45, 2.75) is 39.3 Å². The highest BCUT2D eigenvalue weighted by Gasteiger charge is 2.19. The fourth-order valence-electron chi connectivity index (χ4n) is 1.06. The molecule has 0 saturated heterocycles. The highest BCUT2D eigenvalue weighted by molar-refractivity contribution is 4.74. The van der Waals surface area contributed by atoms with Crippen LogP contribution in [0.3, 0.4) is 0 Å². The molecule has 4 N–H and O–H groups in total. The molecule has 0 aromatic heterocycles. The Labute approximate surface area is 66.9 Å². The van der Waals surface area contributed by atoms with E-state index >= 15 is 0 Å². The third-order valence-corrected chi connectivity index (χ3v) is 1.58. The summed E-state index contributed by atoms with van der Waals surface area (Å²) in [6.07, 6.45) is -2.14. The van der Waals surface area contributed by atoms with Gasteiger partial charge in [-0.1, -0.05) is 13.8 Å². The van der Waals surface area contributed by atoms with E-state index in [2.05, 4.69) is 5.32 Å². The molecule has 0 fully saturated rings. The summed E-state index contributed by atoms with van der Waals surface area (Å²) in [7, 11) is 0. The van der Waals surface area contributed by atoms with Crippen molar-refractivity contribution in [1.29, 1.82) is 0 Å². The van der Waals surface area contributed by atoms with Gasteiger partial charge in [0.05, 0.1) is 6.10 Å². The maximum absolute atomic E-state index is 9.15. The van der Waals surface area contributed by atoms with Crippen LogP contribution < -0.4 is 5.32 Å². The summed E-state index contributed by atoms with van der Waals surface area (Å²) < 4.78 is 0. The van der Waals surface area contributed by atoms with Crippen LogP contribution in [-0.2, 0) is 0 Å².